The summed E-state index contributed by atoms with van der Waals surface area (Å²) < 4.78 is 52.0. The van der Waals surface area contributed by atoms with Gasteiger partial charge in [0, 0.05) is 12.2 Å². The van der Waals surface area contributed by atoms with Crippen LogP contribution in [0.3, 0.4) is 0 Å². The van der Waals surface area contributed by atoms with E-state index in [4.69, 9.17) is 47.4 Å². The Labute approximate surface area is 407 Å². The van der Waals surface area contributed by atoms with Crippen molar-refractivity contribution in [2.24, 2.45) is 0 Å². The first-order valence-electron chi connectivity index (χ1n) is 22.0. The van der Waals surface area contributed by atoms with Gasteiger partial charge in [-0.2, -0.15) is 0 Å². The lowest BCUT2D eigenvalue weighted by molar-refractivity contribution is -0.138. The fraction of sp³-hybridized carbons (Fsp3) is 0.208. The Hall–Kier alpha value is -9.06. The highest BCUT2D eigenvalue weighted by Crippen LogP contribution is 2.26. The first-order valence-corrected chi connectivity index (χ1v) is 22.0. The smallest absolute Gasteiger partial charge is 0.463 e. The van der Waals surface area contributed by atoms with E-state index in [-0.39, 0.29) is 83.2 Å². The van der Waals surface area contributed by atoms with E-state index in [1.807, 2.05) is 0 Å². The Balaban J connectivity index is 0.999. The molecule has 0 aliphatic heterocycles. The molecule has 0 saturated heterocycles. The van der Waals surface area contributed by atoms with Crippen LogP contribution in [0.4, 0.5) is 9.59 Å². The fourth-order valence-electron chi connectivity index (χ4n) is 5.88. The highest BCUT2D eigenvalue weighted by atomic mass is 16.7. The Morgan fingerprint density at radius 1 is 0.366 bits per heavy atom. The number of unbranched alkanes of at least 4 members (excludes halogenated alkanes) is 4. The summed E-state index contributed by atoms with van der Waals surface area (Å²) in [6.07, 6.45) is 3.96. The van der Waals surface area contributed by atoms with Crippen molar-refractivity contribution in [3.05, 3.63) is 168 Å². The quantitative estimate of drug-likeness (QED) is 0.0140. The van der Waals surface area contributed by atoms with E-state index < -0.39 is 48.1 Å². The molecule has 0 radical (unpaired) electrons. The number of benzene rings is 5. The molecule has 0 aliphatic carbocycles. The number of aryl methyl sites for hydroxylation is 1. The second kappa shape index (κ2) is 27.7. The van der Waals surface area contributed by atoms with Gasteiger partial charge in [-0.15, -0.1) is 0 Å². The molecule has 18 heteroatoms. The van der Waals surface area contributed by atoms with Gasteiger partial charge in [-0.3, -0.25) is 0 Å². The van der Waals surface area contributed by atoms with Gasteiger partial charge >= 0.3 is 48.1 Å². The Morgan fingerprint density at radius 2 is 0.662 bits per heavy atom. The maximum Gasteiger partial charge on any atom is 0.513 e. The van der Waals surface area contributed by atoms with Gasteiger partial charge in [0.1, 0.15) is 34.5 Å². The molecule has 0 aliphatic rings. The normalized spacial score (nSPS) is 10.3. The summed E-state index contributed by atoms with van der Waals surface area (Å²) in [5, 5.41) is 0. The van der Waals surface area contributed by atoms with Gasteiger partial charge in [0.05, 0.1) is 48.7 Å². The van der Waals surface area contributed by atoms with Crippen LogP contribution in [0.1, 0.15) is 85.5 Å². The van der Waals surface area contributed by atoms with Gasteiger partial charge in [0.15, 0.2) is 0 Å². The molecule has 0 atom stereocenters. The second-order valence-electron chi connectivity index (χ2n) is 14.8. The Kier molecular flexibility index (Phi) is 20.6. The van der Waals surface area contributed by atoms with E-state index >= 15 is 0 Å². The van der Waals surface area contributed by atoms with Crippen LogP contribution >= 0.6 is 0 Å². The van der Waals surface area contributed by atoms with E-state index in [9.17, 15) is 38.4 Å². The fourth-order valence-corrected chi connectivity index (χ4v) is 5.88. The molecule has 5 rings (SSSR count). The summed E-state index contributed by atoms with van der Waals surface area (Å²) in [4.78, 5) is 97.5. The molecule has 0 heterocycles. The standard InChI is InChI=1S/C53H48O18/c1-4-46(54)62-30-8-6-10-32-64-52(60)69-42-24-16-36(17-25-42)48(56)66-40-20-12-38(13-21-40)50(58)68-44-28-29-45(35(3)34-44)71-51(59)39-14-22-41(23-15-39)67-49(57)37-18-26-43(27-19-37)70-53(61)65-33-11-7-9-31-63-47(55)5-2/h4-5,12-29,34H,1-2,6-11,30-33H2,3H3. The van der Waals surface area contributed by atoms with Crippen LogP contribution in [0.5, 0.6) is 34.5 Å². The van der Waals surface area contributed by atoms with Crippen LogP contribution in [0, 0.1) is 6.92 Å². The molecule has 71 heavy (non-hydrogen) atoms. The largest absolute Gasteiger partial charge is 0.513 e. The van der Waals surface area contributed by atoms with Crippen LogP contribution < -0.4 is 28.4 Å². The average Bonchev–Trinajstić information content (AvgIpc) is 3.37. The van der Waals surface area contributed by atoms with Crippen LogP contribution in [0.2, 0.25) is 0 Å². The summed E-state index contributed by atoms with van der Waals surface area (Å²) in [5.74, 6) is -2.84. The molecule has 0 spiro atoms. The first kappa shape index (κ1) is 52.9. The average molecular weight is 973 g/mol. The monoisotopic (exact) mass is 972 g/mol. The van der Waals surface area contributed by atoms with Crippen molar-refractivity contribution in [2.45, 2.75) is 45.4 Å². The Morgan fingerprint density at radius 3 is 1.00 bits per heavy atom. The number of rotatable bonds is 24. The maximum atomic E-state index is 13.0. The summed E-state index contributed by atoms with van der Waals surface area (Å²) in [6.45, 7) is 9.00. The topological polar surface area (TPSA) is 229 Å². The minimum atomic E-state index is -0.915. The number of carbonyl (C=O) groups excluding carboxylic acids is 8. The van der Waals surface area contributed by atoms with E-state index in [0.717, 1.165) is 12.2 Å². The maximum absolute atomic E-state index is 13.0. The summed E-state index contributed by atoms with van der Waals surface area (Å²) in [7, 11) is 0. The van der Waals surface area contributed by atoms with Gasteiger partial charge in [0.25, 0.3) is 0 Å². The zero-order valence-corrected chi connectivity index (χ0v) is 38.5. The van der Waals surface area contributed by atoms with Crippen molar-refractivity contribution < 1.29 is 85.7 Å². The predicted molar refractivity (Wildman–Crippen MR) is 251 cm³/mol. The van der Waals surface area contributed by atoms with Crippen molar-refractivity contribution in [1.29, 1.82) is 0 Å². The molecule has 0 bridgehead atoms. The van der Waals surface area contributed by atoms with E-state index in [0.29, 0.717) is 44.1 Å². The zero-order valence-electron chi connectivity index (χ0n) is 38.5. The first-order chi connectivity index (χ1) is 34.3. The third kappa shape index (κ3) is 18.2. The molecule has 5 aromatic rings. The molecule has 0 saturated carbocycles. The molecule has 18 nitrogen and oxygen atoms in total. The molecular formula is C53H48O18. The highest BCUT2D eigenvalue weighted by Gasteiger charge is 2.17. The number of ether oxygens (including phenoxy) is 10. The summed E-state index contributed by atoms with van der Waals surface area (Å²) in [5.41, 5.74) is 1.12. The minimum absolute atomic E-state index is 0.110. The predicted octanol–water partition coefficient (Wildman–Crippen LogP) is 9.70. The van der Waals surface area contributed by atoms with Crippen LogP contribution in [0.15, 0.2) is 141 Å². The molecule has 5 aromatic carbocycles. The lowest BCUT2D eigenvalue weighted by Crippen LogP contribution is -2.12. The molecular weight excluding hydrogens is 925 g/mol. The van der Waals surface area contributed by atoms with Gasteiger partial charge in [-0.25, -0.2) is 38.4 Å². The van der Waals surface area contributed by atoms with Gasteiger partial charge in [0.2, 0.25) is 0 Å². The molecule has 0 aromatic heterocycles. The summed E-state index contributed by atoms with van der Waals surface area (Å²) >= 11 is 0. The third-order valence-corrected chi connectivity index (χ3v) is 9.58. The van der Waals surface area contributed by atoms with Gasteiger partial charge in [-0.1, -0.05) is 13.2 Å². The van der Waals surface area contributed by atoms with Crippen molar-refractivity contribution in [1.82, 2.24) is 0 Å². The summed E-state index contributed by atoms with van der Waals surface area (Å²) in [6, 6.07) is 27.0. The van der Waals surface area contributed by atoms with E-state index in [1.165, 1.54) is 115 Å². The number of esters is 6. The molecule has 0 unspecified atom stereocenters. The minimum Gasteiger partial charge on any atom is -0.463 e. The van der Waals surface area contributed by atoms with Crippen LogP contribution in [0.25, 0.3) is 0 Å². The van der Waals surface area contributed by atoms with E-state index in [2.05, 4.69) is 13.2 Å². The molecule has 0 N–H and O–H groups in total. The van der Waals surface area contributed by atoms with Gasteiger partial charge < -0.3 is 47.4 Å². The molecule has 0 fully saturated rings. The lowest BCUT2D eigenvalue weighted by Gasteiger charge is -2.11. The van der Waals surface area contributed by atoms with Crippen LogP contribution in [-0.2, 0) is 28.5 Å². The third-order valence-electron chi connectivity index (χ3n) is 9.58. The molecule has 368 valence electrons. The lowest BCUT2D eigenvalue weighted by atomic mass is 10.2. The van der Waals surface area contributed by atoms with Crippen molar-refractivity contribution in [2.75, 3.05) is 26.4 Å². The van der Waals surface area contributed by atoms with Crippen molar-refractivity contribution in [3.8, 4) is 34.5 Å². The zero-order chi connectivity index (χ0) is 51.0. The SMILES string of the molecule is C=CC(=O)OCCCCCOC(=O)Oc1ccc(C(=O)Oc2ccc(C(=O)Oc3ccc(OC(=O)c4ccc(OC(=O)c5ccc(OC(=O)OCCCCCOC(=O)C=C)cc5)cc4)c(C)c3)cc2)cc1. The van der Waals surface area contributed by atoms with Crippen molar-refractivity contribution >= 4 is 48.1 Å². The Bertz CT molecular complexity index is 2670. The number of carbonyl (C=O) groups is 8. The highest BCUT2D eigenvalue weighted by molar-refractivity contribution is 5.94. The van der Waals surface area contributed by atoms with Gasteiger partial charge in [-0.05, 0) is 166 Å². The van der Waals surface area contributed by atoms with Crippen molar-refractivity contribution in [3.63, 3.8) is 0 Å². The molecule has 0 amide bonds. The van der Waals surface area contributed by atoms with E-state index in [1.54, 1.807) is 6.92 Å². The second-order valence-corrected chi connectivity index (χ2v) is 14.8. The number of hydrogen-bond acceptors (Lipinski definition) is 18. The number of hydrogen-bond donors (Lipinski definition) is 0. The van der Waals surface area contributed by atoms with Crippen LogP contribution in [-0.4, -0.2) is 74.6 Å².